The summed E-state index contributed by atoms with van der Waals surface area (Å²) < 4.78 is 29.6. The summed E-state index contributed by atoms with van der Waals surface area (Å²) in [5.41, 5.74) is 2.46. The van der Waals surface area contributed by atoms with Crippen molar-refractivity contribution in [3.63, 3.8) is 0 Å². The van der Waals surface area contributed by atoms with Crippen LogP contribution in [0.4, 0.5) is 4.39 Å². The quantitative estimate of drug-likeness (QED) is 0.535. The number of hydrogen-bond acceptors (Lipinski definition) is 4. The zero-order chi connectivity index (χ0) is 20.5. The van der Waals surface area contributed by atoms with Gasteiger partial charge in [0.15, 0.2) is 17.5 Å². The average Bonchev–Trinajstić information content (AvgIpc) is 2.71. The molecule has 0 aliphatic heterocycles. The topological polar surface area (TPSA) is 64.1 Å². The van der Waals surface area contributed by atoms with Gasteiger partial charge in [-0.25, -0.2) is 9.38 Å². The van der Waals surface area contributed by atoms with Crippen LogP contribution in [0.15, 0.2) is 35.3 Å². The maximum Gasteiger partial charge on any atom is 0.191 e. The fourth-order valence-electron chi connectivity index (χ4n) is 2.73. The summed E-state index contributed by atoms with van der Waals surface area (Å²) in [6.07, 6.45) is 0. The molecule has 7 heteroatoms. The predicted molar refractivity (Wildman–Crippen MR) is 109 cm³/mol. The van der Waals surface area contributed by atoms with Crippen molar-refractivity contribution in [2.45, 2.75) is 26.9 Å². The van der Waals surface area contributed by atoms with Crippen molar-refractivity contribution < 1.29 is 18.6 Å². The lowest BCUT2D eigenvalue weighted by molar-refractivity contribution is 0.347. The van der Waals surface area contributed by atoms with E-state index >= 15 is 0 Å². The summed E-state index contributed by atoms with van der Waals surface area (Å²) in [4.78, 5) is 4.58. The summed E-state index contributed by atoms with van der Waals surface area (Å²) in [7, 11) is 4.79. The number of aryl methyl sites for hydroxylation is 1. The number of ether oxygens (including phenoxy) is 3. The Bertz CT molecular complexity index is 825. The van der Waals surface area contributed by atoms with Crippen LogP contribution in [-0.4, -0.2) is 33.8 Å². The van der Waals surface area contributed by atoms with E-state index in [0.717, 1.165) is 17.7 Å². The van der Waals surface area contributed by atoms with Crippen molar-refractivity contribution in [2.75, 3.05) is 27.9 Å². The second-order valence-electron chi connectivity index (χ2n) is 6.15. The molecule has 0 amide bonds. The van der Waals surface area contributed by atoms with Crippen molar-refractivity contribution in [2.24, 2.45) is 4.99 Å². The number of benzene rings is 2. The average molecular weight is 389 g/mol. The van der Waals surface area contributed by atoms with Gasteiger partial charge in [0.1, 0.15) is 11.6 Å². The molecule has 28 heavy (non-hydrogen) atoms. The molecule has 0 bridgehead atoms. The molecular weight excluding hydrogens is 361 g/mol. The van der Waals surface area contributed by atoms with Crippen LogP contribution in [0.25, 0.3) is 0 Å². The number of guanidine groups is 1. The molecule has 0 atom stereocenters. The second kappa shape index (κ2) is 10.4. The number of halogens is 1. The minimum absolute atomic E-state index is 0.210. The van der Waals surface area contributed by atoms with E-state index in [4.69, 9.17) is 14.2 Å². The van der Waals surface area contributed by atoms with E-state index in [2.05, 4.69) is 15.6 Å². The van der Waals surface area contributed by atoms with E-state index in [0.29, 0.717) is 41.9 Å². The highest BCUT2D eigenvalue weighted by Gasteiger charge is 2.12. The van der Waals surface area contributed by atoms with Gasteiger partial charge in [0.25, 0.3) is 0 Å². The van der Waals surface area contributed by atoms with Crippen LogP contribution in [0, 0.1) is 12.7 Å². The van der Waals surface area contributed by atoms with E-state index in [1.807, 2.05) is 13.0 Å². The van der Waals surface area contributed by atoms with E-state index in [9.17, 15) is 4.39 Å². The monoisotopic (exact) mass is 389 g/mol. The first-order valence-electron chi connectivity index (χ1n) is 9.08. The highest BCUT2D eigenvalue weighted by Crippen LogP contribution is 2.34. The van der Waals surface area contributed by atoms with Crippen molar-refractivity contribution >= 4 is 5.96 Å². The third-order valence-corrected chi connectivity index (χ3v) is 4.22. The van der Waals surface area contributed by atoms with Crippen molar-refractivity contribution in [1.82, 2.24) is 10.6 Å². The molecule has 0 radical (unpaired) electrons. The third-order valence-electron chi connectivity index (χ3n) is 4.22. The Morgan fingerprint density at radius 3 is 2.25 bits per heavy atom. The summed E-state index contributed by atoms with van der Waals surface area (Å²) in [5.74, 6) is 2.37. The Morgan fingerprint density at radius 2 is 1.64 bits per heavy atom. The highest BCUT2D eigenvalue weighted by atomic mass is 19.1. The molecule has 0 aliphatic carbocycles. The fourth-order valence-corrected chi connectivity index (χ4v) is 2.73. The lowest BCUT2D eigenvalue weighted by atomic mass is 10.1. The number of nitrogens with one attached hydrogen (secondary N) is 2. The minimum atomic E-state index is -0.210. The van der Waals surface area contributed by atoms with Gasteiger partial charge < -0.3 is 24.8 Å². The molecule has 0 aliphatic rings. The van der Waals surface area contributed by atoms with Crippen LogP contribution in [0.5, 0.6) is 17.2 Å². The molecule has 2 aromatic rings. The van der Waals surface area contributed by atoms with Gasteiger partial charge in [-0.15, -0.1) is 0 Å². The molecule has 0 aromatic heterocycles. The highest BCUT2D eigenvalue weighted by molar-refractivity contribution is 5.79. The predicted octanol–water partition coefficient (Wildman–Crippen LogP) is 3.42. The number of methoxy groups -OCH3 is 3. The van der Waals surface area contributed by atoms with Gasteiger partial charge in [0.2, 0.25) is 0 Å². The second-order valence-corrected chi connectivity index (χ2v) is 6.15. The lowest BCUT2D eigenvalue weighted by Gasteiger charge is -2.16. The van der Waals surface area contributed by atoms with Crippen LogP contribution in [-0.2, 0) is 13.1 Å². The van der Waals surface area contributed by atoms with E-state index in [1.54, 1.807) is 46.5 Å². The van der Waals surface area contributed by atoms with Crippen LogP contribution in [0.1, 0.15) is 23.6 Å². The smallest absolute Gasteiger partial charge is 0.191 e. The molecule has 0 fully saturated rings. The molecular formula is C21H28FN3O3. The standard InChI is InChI=1S/C21H28FN3O3/c1-6-23-21(24-12-15-7-8-17(22)14(2)9-15)25-13-16-10-19(27-4)20(28-5)11-18(16)26-3/h7-11H,6,12-13H2,1-5H3,(H2,23,24,25). The Hall–Kier alpha value is -2.96. The number of nitrogens with zero attached hydrogens (tertiary/aromatic N) is 1. The maximum atomic E-state index is 13.4. The largest absolute Gasteiger partial charge is 0.496 e. The summed E-state index contributed by atoms with van der Waals surface area (Å²) >= 11 is 0. The lowest BCUT2D eigenvalue weighted by Crippen LogP contribution is -2.36. The van der Waals surface area contributed by atoms with Gasteiger partial charge in [-0.05, 0) is 37.1 Å². The SMILES string of the molecule is CCNC(=NCc1ccc(F)c(C)c1)NCc1cc(OC)c(OC)cc1OC. The van der Waals surface area contributed by atoms with Crippen LogP contribution < -0.4 is 24.8 Å². The first kappa shape index (κ1) is 21.3. The first-order chi connectivity index (χ1) is 13.5. The molecule has 0 saturated heterocycles. The van der Waals surface area contributed by atoms with Crippen molar-refractivity contribution in [3.8, 4) is 17.2 Å². The van der Waals surface area contributed by atoms with Crippen molar-refractivity contribution in [1.29, 1.82) is 0 Å². The molecule has 0 unspecified atom stereocenters. The summed E-state index contributed by atoms with van der Waals surface area (Å²) in [5, 5.41) is 6.49. The molecule has 2 aromatic carbocycles. The molecule has 2 N–H and O–H groups in total. The Balaban J connectivity index is 2.15. The van der Waals surface area contributed by atoms with Gasteiger partial charge in [0, 0.05) is 24.7 Å². The van der Waals surface area contributed by atoms with Gasteiger partial charge in [-0.3, -0.25) is 0 Å². The van der Waals surface area contributed by atoms with E-state index in [1.165, 1.54) is 6.07 Å². The Kier molecular flexibility index (Phi) is 7.92. The molecule has 152 valence electrons. The zero-order valence-electron chi connectivity index (χ0n) is 17.1. The molecule has 2 rings (SSSR count). The molecule has 0 spiro atoms. The molecule has 0 heterocycles. The number of aliphatic imine (C=N–C) groups is 1. The van der Waals surface area contributed by atoms with Gasteiger partial charge in [0.05, 0.1) is 27.9 Å². The fraction of sp³-hybridized carbons (Fsp3) is 0.381. The molecule has 6 nitrogen and oxygen atoms in total. The van der Waals surface area contributed by atoms with Crippen LogP contribution >= 0.6 is 0 Å². The molecule has 0 saturated carbocycles. The van der Waals surface area contributed by atoms with Gasteiger partial charge in [-0.1, -0.05) is 12.1 Å². The third kappa shape index (κ3) is 5.52. The first-order valence-corrected chi connectivity index (χ1v) is 9.08. The Morgan fingerprint density at radius 1 is 0.964 bits per heavy atom. The summed E-state index contributed by atoms with van der Waals surface area (Å²) in [6.45, 7) is 5.39. The Labute approximate surface area is 165 Å². The van der Waals surface area contributed by atoms with E-state index < -0.39 is 0 Å². The number of hydrogen-bond donors (Lipinski definition) is 2. The zero-order valence-corrected chi connectivity index (χ0v) is 17.1. The van der Waals surface area contributed by atoms with Crippen LogP contribution in [0.2, 0.25) is 0 Å². The van der Waals surface area contributed by atoms with Crippen molar-refractivity contribution in [3.05, 3.63) is 52.8 Å². The van der Waals surface area contributed by atoms with Gasteiger partial charge >= 0.3 is 0 Å². The number of rotatable bonds is 8. The van der Waals surface area contributed by atoms with Gasteiger partial charge in [-0.2, -0.15) is 0 Å². The summed E-state index contributed by atoms with van der Waals surface area (Å²) in [6, 6.07) is 8.68. The normalized spacial score (nSPS) is 11.1. The van der Waals surface area contributed by atoms with E-state index in [-0.39, 0.29) is 5.82 Å². The minimum Gasteiger partial charge on any atom is -0.496 e. The van der Waals surface area contributed by atoms with Crippen LogP contribution in [0.3, 0.4) is 0 Å². The maximum absolute atomic E-state index is 13.4.